The Hall–Kier alpha value is -2.74. The van der Waals surface area contributed by atoms with Gasteiger partial charge in [-0.25, -0.2) is 4.39 Å². The summed E-state index contributed by atoms with van der Waals surface area (Å²) in [4.78, 5) is 12.2. The fourth-order valence-corrected chi connectivity index (χ4v) is 3.00. The number of nitrogens with one attached hydrogen (secondary N) is 1. The SMILES string of the molecule is CCc1ccccc1NC(=O)CSc1nnnn1-c1cccc(F)c1. The number of halogens is 1. The topological polar surface area (TPSA) is 72.7 Å². The van der Waals surface area contributed by atoms with Crippen molar-refractivity contribution in [2.75, 3.05) is 11.1 Å². The molecule has 6 nitrogen and oxygen atoms in total. The van der Waals surface area contributed by atoms with Gasteiger partial charge in [-0.15, -0.1) is 5.10 Å². The molecule has 0 atom stereocenters. The molecular formula is C17H16FN5OS. The molecule has 0 saturated carbocycles. The molecule has 1 amide bonds. The molecule has 0 bridgehead atoms. The van der Waals surface area contributed by atoms with Gasteiger partial charge in [-0.1, -0.05) is 43.0 Å². The van der Waals surface area contributed by atoms with E-state index in [0.717, 1.165) is 17.7 Å². The maximum Gasteiger partial charge on any atom is 0.234 e. The zero-order valence-corrected chi connectivity index (χ0v) is 14.3. The number of nitrogens with zero attached hydrogens (tertiary/aromatic N) is 4. The van der Waals surface area contributed by atoms with Crippen molar-refractivity contribution >= 4 is 23.4 Å². The monoisotopic (exact) mass is 357 g/mol. The highest BCUT2D eigenvalue weighted by atomic mass is 32.2. The van der Waals surface area contributed by atoms with Gasteiger partial charge in [0.25, 0.3) is 0 Å². The first-order chi connectivity index (χ1) is 12.2. The number of thioether (sulfide) groups is 1. The number of benzene rings is 2. The van der Waals surface area contributed by atoms with Crippen molar-refractivity contribution < 1.29 is 9.18 Å². The molecule has 1 N–H and O–H groups in total. The Morgan fingerprint density at radius 1 is 1.24 bits per heavy atom. The van der Waals surface area contributed by atoms with Crippen LogP contribution in [0.3, 0.4) is 0 Å². The second-order valence-electron chi connectivity index (χ2n) is 5.20. The molecule has 0 unspecified atom stereocenters. The molecule has 0 aliphatic rings. The van der Waals surface area contributed by atoms with Crippen molar-refractivity contribution in [1.29, 1.82) is 0 Å². The summed E-state index contributed by atoms with van der Waals surface area (Å²) in [7, 11) is 0. The van der Waals surface area contributed by atoms with Crippen LogP contribution in [0.25, 0.3) is 5.69 Å². The zero-order chi connectivity index (χ0) is 17.6. The van der Waals surface area contributed by atoms with Crippen molar-refractivity contribution in [3.8, 4) is 5.69 Å². The third-order valence-electron chi connectivity index (χ3n) is 3.50. The molecule has 25 heavy (non-hydrogen) atoms. The lowest BCUT2D eigenvalue weighted by Gasteiger charge is -2.09. The average Bonchev–Trinajstić information content (AvgIpc) is 3.09. The molecule has 128 valence electrons. The lowest BCUT2D eigenvalue weighted by molar-refractivity contribution is -0.113. The van der Waals surface area contributed by atoms with Crippen LogP contribution in [0, 0.1) is 5.82 Å². The number of anilines is 1. The van der Waals surface area contributed by atoms with Gasteiger partial charge in [-0.2, -0.15) is 4.68 Å². The van der Waals surface area contributed by atoms with Crippen LogP contribution in [0.1, 0.15) is 12.5 Å². The highest BCUT2D eigenvalue weighted by Crippen LogP contribution is 2.20. The predicted octanol–water partition coefficient (Wildman–Crippen LogP) is 3.09. The van der Waals surface area contributed by atoms with Gasteiger partial charge >= 0.3 is 0 Å². The zero-order valence-electron chi connectivity index (χ0n) is 13.5. The summed E-state index contributed by atoms with van der Waals surface area (Å²) < 4.78 is 14.8. The molecule has 0 aliphatic heterocycles. The van der Waals surface area contributed by atoms with Crippen molar-refractivity contribution in [2.24, 2.45) is 0 Å². The predicted molar refractivity (Wildman–Crippen MR) is 94.3 cm³/mol. The van der Waals surface area contributed by atoms with E-state index in [9.17, 15) is 9.18 Å². The number of hydrogen-bond acceptors (Lipinski definition) is 5. The Morgan fingerprint density at radius 3 is 2.88 bits per heavy atom. The van der Waals surface area contributed by atoms with Crippen molar-refractivity contribution in [3.63, 3.8) is 0 Å². The van der Waals surface area contributed by atoms with Crippen LogP contribution in [-0.4, -0.2) is 31.9 Å². The van der Waals surface area contributed by atoms with Gasteiger partial charge < -0.3 is 5.32 Å². The second kappa shape index (κ2) is 7.89. The summed E-state index contributed by atoms with van der Waals surface area (Å²) in [6.07, 6.45) is 0.835. The summed E-state index contributed by atoms with van der Waals surface area (Å²) in [6.45, 7) is 2.03. The van der Waals surface area contributed by atoms with Gasteiger partial charge in [0.15, 0.2) is 0 Å². The smallest absolute Gasteiger partial charge is 0.234 e. The standard InChI is InChI=1S/C17H16FN5OS/c1-2-12-6-3-4-9-15(12)19-16(24)11-25-17-20-21-22-23(17)14-8-5-7-13(18)10-14/h3-10H,2,11H2,1H3,(H,19,24). The van der Waals surface area contributed by atoms with Gasteiger partial charge in [0.1, 0.15) is 5.82 Å². The first-order valence-corrected chi connectivity index (χ1v) is 8.71. The molecule has 0 fully saturated rings. The van der Waals surface area contributed by atoms with Crippen LogP contribution in [-0.2, 0) is 11.2 Å². The van der Waals surface area contributed by atoms with Crippen molar-refractivity contribution in [2.45, 2.75) is 18.5 Å². The Morgan fingerprint density at radius 2 is 2.08 bits per heavy atom. The molecule has 0 radical (unpaired) electrons. The fraction of sp³-hybridized carbons (Fsp3) is 0.176. The number of tetrazole rings is 1. The summed E-state index contributed by atoms with van der Waals surface area (Å²) in [6, 6.07) is 13.6. The number of rotatable bonds is 6. The van der Waals surface area contributed by atoms with Crippen LogP contribution in [0.4, 0.5) is 10.1 Å². The quantitative estimate of drug-likeness (QED) is 0.686. The van der Waals surface area contributed by atoms with E-state index in [1.165, 1.54) is 28.6 Å². The number of carbonyl (C=O) groups is 1. The van der Waals surface area contributed by atoms with E-state index in [1.807, 2.05) is 31.2 Å². The molecule has 1 heterocycles. The number of carbonyl (C=O) groups excluding carboxylic acids is 1. The van der Waals surface area contributed by atoms with Crippen LogP contribution >= 0.6 is 11.8 Å². The molecule has 3 rings (SSSR count). The average molecular weight is 357 g/mol. The summed E-state index contributed by atoms with van der Waals surface area (Å²) in [5, 5.41) is 14.7. The Labute approximate surface area is 148 Å². The Kier molecular flexibility index (Phi) is 5.39. The van der Waals surface area contributed by atoms with E-state index < -0.39 is 0 Å². The minimum atomic E-state index is -0.377. The largest absolute Gasteiger partial charge is 0.325 e. The number of aryl methyl sites for hydroxylation is 1. The molecule has 0 aliphatic carbocycles. The summed E-state index contributed by atoms with van der Waals surface area (Å²) in [5.41, 5.74) is 2.38. The number of amides is 1. The van der Waals surface area contributed by atoms with E-state index in [4.69, 9.17) is 0 Å². The first kappa shape index (κ1) is 17.1. The van der Waals surface area contributed by atoms with Gasteiger partial charge in [0, 0.05) is 5.69 Å². The summed E-state index contributed by atoms with van der Waals surface area (Å²) in [5.74, 6) is -0.383. The maximum atomic E-state index is 13.4. The molecule has 2 aromatic carbocycles. The van der Waals surface area contributed by atoms with Gasteiger partial charge in [0.2, 0.25) is 11.1 Å². The van der Waals surface area contributed by atoms with Crippen LogP contribution < -0.4 is 5.32 Å². The maximum absolute atomic E-state index is 13.4. The van der Waals surface area contributed by atoms with Crippen molar-refractivity contribution in [1.82, 2.24) is 20.2 Å². The van der Waals surface area contributed by atoms with E-state index in [-0.39, 0.29) is 17.5 Å². The highest BCUT2D eigenvalue weighted by Gasteiger charge is 2.13. The lowest BCUT2D eigenvalue weighted by Crippen LogP contribution is -2.15. The molecule has 3 aromatic rings. The highest BCUT2D eigenvalue weighted by molar-refractivity contribution is 7.99. The lowest BCUT2D eigenvalue weighted by atomic mass is 10.1. The fourth-order valence-electron chi connectivity index (χ4n) is 2.31. The number of para-hydroxylation sites is 1. The first-order valence-electron chi connectivity index (χ1n) is 7.72. The van der Waals surface area contributed by atoms with Crippen LogP contribution in [0.5, 0.6) is 0 Å². The Bertz CT molecular complexity index is 883. The van der Waals surface area contributed by atoms with E-state index in [1.54, 1.807) is 12.1 Å². The third kappa shape index (κ3) is 4.21. The molecular weight excluding hydrogens is 341 g/mol. The number of hydrogen-bond donors (Lipinski definition) is 1. The normalized spacial score (nSPS) is 10.6. The minimum Gasteiger partial charge on any atom is -0.325 e. The van der Waals surface area contributed by atoms with E-state index in [2.05, 4.69) is 20.8 Å². The second-order valence-corrected chi connectivity index (χ2v) is 6.14. The molecule has 0 saturated heterocycles. The van der Waals surface area contributed by atoms with Gasteiger partial charge in [0.05, 0.1) is 11.4 Å². The molecule has 8 heteroatoms. The Balaban J connectivity index is 1.66. The molecule has 1 aromatic heterocycles. The number of aromatic nitrogens is 4. The van der Waals surface area contributed by atoms with E-state index in [0.29, 0.717) is 10.8 Å². The molecule has 0 spiro atoms. The third-order valence-corrected chi connectivity index (χ3v) is 4.42. The van der Waals surface area contributed by atoms with Crippen LogP contribution in [0.15, 0.2) is 53.7 Å². The van der Waals surface area contributed by atoms with E-state index >= 15 is 0 Å². The van der Waals surface area contributed by atoms with Crippen LogP contribution in [0.2, 0.25) is 0 Å². The van der Waals surface area contributed by atoms with Crippen molar-refractivity contribution in [3.05, 3.63) is 59.9 Å². The minimum absolute atomic E-state index is 0.147. The van der Waals surface area contributed by atoms with Gasteiger partial charge in [-0.3, -0.25) is 4.79 Å². The summed E-state index contributed by atoms with van der Waals surface area (Å²) >= 11 is 1.19. The van der Waals surface area contributed by atoms with Gasteiger partial charge in [-0.05, 0) is 46.7 Å².